The van der Waals surface area contributed by atoms with Crippen molar-refractivity contribution in [1.82, 2.24) is 4.90 Å². The largest absolute Gasteiger partial charge is 0.573 e. The van der Waals surface area contributed by atoms with Crippen LogP contribution in [0.4, 0.5) is 28.0 Å². The minimum absolute atomic E-state index is 0.200. The van der Waals surface area contributed by atoms with Gasteiger partial charge in [-0.05, 0) is 87.6 Å². The molecule has 2 N–H and O–H groups in total. The Hall–Kier alpha value is -2.95. The first kappa shape index (κ1) is 26.7. The molecular formula is C24H26F4N2O4S. The van der Waals surface area contributed by atoms with Crippen molar-refractivity contribution in [2.45, 2.75) is 62.1 Å². The summed E-state index contributed by atoms with van der Waals surface area (Å²) in [6.45, 7) is 5.22. The molecule has 0 aliphatic heterocycles. The van der Waals surface area contributed by atoms with Gasteiger partial charge in [0.2, 0.25) is 0 Å². The molecule has 0 saturated carbocycles. The maximum Gasteiger partial charge on any atom is 0.573 e. The maximum absolute atomic E-state index is 14.8. The van der Waals surface area contributed by atoms with Gasteiger partial charge in [0.1, 0.15) is 16.3 Å². The zero-order valence-corrected chi connectivity index (χ0v) is 20.2. The van der Waals surface area contributed by atoms with E-state index in [1.807, 2.05) is 6.92 Å². The van der Waals surface area contributed by atoms with Gasteiger partial charge in [0.25, 0.3) is 0 Å². The lowest BCUT2D eigenvalue weighted by molar-refractivity contribution is -0.274. The quantitative estimate of drug-likeness (QED) is 0.345. The van der Waals surface area contributed by atoms with Crippen LogP contribution in [0.3, 0.4) is 0 Å². The highest BCUT2D eigenvalue weighted by Crippen LogP contribution is 2.37. The number of aliphatic carboxylic acids is 1. The summed E-state index contributed by atoms with van der Waals surface area (Å²) in [5, 5.41) is 12.0. The van der Waals surface area contributed by atoms with E-state index in [-0.39, 0.29) is 10.9 Å². The van der Waals surface area contributed by atoms with Crippen LogP contribution in [0, 0.1) is 5.82 Å². The summed E-state index contributed by atoms with van der Waals surface area (Å²) in [6, 6.07) is 7.34. The van der Waals surface area contributed by atoms with Crippen LogP contribution >= 0.6 is 11.8 Å². The normalized spacial score (nSPS) is 15.8. The molecule has 6 nitrogen and oxygen atoms in total. The molecule has 2 aromatic carbocycles. The number of urea groups is 1. The van der Waals surface area contributed by atoms with Crippen LogP contribution in [-0.4, -0.2) is 45.7 Å². The number of nitrogens with zero attached hydrogens (tertiary/aromatic N) is 1. The van der Waals surface area contributed by atoms with Crippen molar-refractivity contribution in [3.8, 4) is 5.75 Å². The van der Waals surface area contributed by atoms with E-state index in [4.69, 9.17) is 0 Å². The number of amides is 2. The van der Waals surface area contributed by atoms with E-state index >= 15 is 0 Å². The number of nitrogens with one attached hydrogen (secondary N) is 1. The number of rotatable bonds is 7. The monoisotopic (exact) mass is 514 g/mol. The Morgan fingerprint density at radius 3 is 2.40 bits per heavy atom. The molecule has 0 saturated heterocycles. The van der Waals surface area contributed by atoms with Crippen LogP contribution in [0.25, 0.3) is 0 Å². The van der Waals surface area contributed by atoms with Crippen molar-refractivity contribution < 1.29 is 37.0 Å². The SMILES string of the molecule is CCN(C(=O)Nc1ccc(OC(F)(F)F)cc1)[C@H]1CCc2cc(SC(C)(C)C(=O)O)c(F)cc2C1. The molecule has 3 rings (SSSR count). The topological polar surface area (TPSA) is 78.9 Å². The van der Waals surface area contributed by atoms with Gasteiger partial charge in [-0.25, -0.2) is 9.18 Å². The van der Waals surface area contributed by atoms with Gasteiger partial charge < -0.3 is 20.1 Å². The van der Waals surface area contributed by atoms with Crippen LogP contribution in [-0.2, 0) is 17.6 Å². The Kier molecular flexibility index (Phi) is 7.88. The number of alkyl halides is 3. The average molecular weight is 515 g/mol. The fourth-order valence-electron chi connectivity index (χ4n) is 3.90. The lowest BCUT2D eigenvalue weighted by Gasteiger charge is -2.35. The minimum Gasteiger partial charge on any atom is -0.480 e. The number of thioether (sulfide) groups is 1. The predicted molar refractivity (Wildman–Crippen MR) is 124 cm³/mol. The van der Waals surface area contributed by atoms with Gasteiger partial charge in [-0.15, -0.1) is 24.9 Å². The number of likely N-dealkylation sites (N-methyl/N-ethyl adjacent to an activating group) is 1. The average Bonchev–Trinajstić information content (AvgIpc) is 2.75. The molecule has 2 amide bonds. The van der Waals surface area contributed by atoms with E-state index in [9.17, 15) is 32.3 Å². The molecule has 2 aromatic rings. The molecule has 0 heterocycles. The standard InChI is InChI=1S/C24H26F4N2O4S/c1-4-30(22(33)29-16-6-9-18(10-7-16)34-24(26,27)28)17-8-5-14-13-20(19(25)12-15(14)11-17)35-23(2,3)21(31)32/h6-7,9-10,12-13,17H,4-5,8,11H2,1-3H3,(H,29,33)(H,31,32)/t17-/m0/s1. The number of halogens is 4. The van der Waals surface area contributed by atoms with Gasteiger partial charge in [0.15, 0.2) is 0 Å². The van der Waals surface area contributed by atoms with Crippen LogP contribution in [0.2, 0.25) is 0 Å². The van der Waals surface area contributed by atoms with E-state index in [2.05, 4.69) is 10.1 Å². The molecule has 0 unspecified atom stereocenters. The molecule has 0 spiro atoms. The summed E-state index contributed by atoms with van der Waals surface area (Å²) in [7, 11) is 0. The van der Waals surface area contributed by atoms with Crippen molar-refractivity contribution in [3.05, 3.63) is 53.3 Å². The number of carbonyl (C=O) groups excluding carboxylic acids is 1. The van der Waals surface area contributed by atoms with Crippen molar-refractivity contribution in [3.63, 3.8) is 0 Å². The third kappa shape index (κ3) is 6.81. The lowest BCUT2D eigenvalue weighted by atomic mass is 9.87. The predicted octanol–water partition coefficient (Wildman–Crippen LogP) is 6.09. The second kappa shape index (κ2) is 10.3. The summed E-state index contributed by atoms with van der Waals surface area (Å²) < 4.78 is 54.4. The van der Waals surface area contributed by atoms with Gasteiger partial charge in [-0.1, -0.05) is 0 Å². The van der Waals surface area contributed by atoms with Crippen molar-refractivity contribution in [2.24, 2.45) is 0 Å². The molecule has 0 fully saturated rings. The molecular weight excluding hydrogens is 488 g/mol. The van der Waals surface area contributed by atoms with Crippen molar-refractivity contribution >= 4 is 29.4 Å². The van der Waals surface area contributed by atoms with Gasteiger partial charge >= 0.3 is 18.4 Å². The van der Waals surface area contributed by atoms with Gasteiger partial charge in [-0.3, -0.25) is 4.79 Å². The van der Waals surface area contributed by atoms with Crippen LogP contribution in [0.1, 0.15) is 38.3 Å². The number of benzene rings is 2. The third-order valence-electron chi connectivity index (χ3n) is 5.72. The summed E-state index contributed by atoms with van der Waals surface area (Å²) in [5.41, 5.74) is 1.99. The molecule has 0 bridgehead atoms. The van der Waals surface area contributed by atoms with Gasteiger partial charge in [0, 0.05) is 23.2 Å². The smallest absolute Gasteiger partial charge is 0.480 e. The summed E-state index contributed by atoms with van der Waals surface area (Å²) in [4.78, 5) is 26.2. The Morgan fingerprint density at radius 2 is 1.83 bits per heavy atom. The lowest BCUT2D eigenvalue weighted by Crippen LogP contribution is -2.45. The fourth-order valence-corrected chi connectivity index (χ4v) is 4.90. The van der Waals surface area contributed by atoms with E-state index < -0.39 is 34.7 Å². The summed E-state index contributed by atoms with van der Waals surface area (Å²) >= 11 is 0.955. The fraction of sp³-hybridized carbons (Fsp3) is 0.417. The number of carboxylic acid groups (broad SMARTS) is 1. The first-order valence-corrected chi connectivity index (χ1v) is 11.8. The van der Waals surface area contributed by atoms with Crippen LogP contribution in [0.15, 0.2) is 41.3 Å². The number of carbonyl (C=O) groups is 2. The number of hydrogen-bond donors (Lipinski definition) is 2. The molecule has 0 radical (unpaired) electrons. The van der Waals surface area contributed by atoms with Crippen molar-refractivity contribution in [2.75, 3.05) is 11.9 Å². The summed E-state index contributed by atoms with van der Waals surface area (Å²) in [6.07, 6.45) is -3.15. The number of fused-ring (bicyclic) bond motifs is 1. The highest BCUT2D eigenvalue weighted by atomic mass is 32.2. The Balaban J connectivity index is 1.69. The number of carboxylic acids is 1. The van der Waals surface area contributed by atoms with E-state index in [1.165, 1.54) is 32.0 Å². The molecule has 190 valence electrons. The Morgan fingerprint density at radius 1 is 1.17 bits per heavy atom. The van der Waals surface area contributed by atoms with E-state index in [0.717, 1.165) is 35.0 Å². The highest BCUT2D eigenvalue weighted by Gasteiger charge is 2.33. The zero-order chi connectivity index (χ0) is 26.0. The molecule has 1 aliphatic rings. The maximum atomic E-state index is 14.8. The zero-order valence-electron chi connectivity index (χ0n) is 19.4. The van der Waals surface area contributed by atoms with E-state index in [1.54, 1.807) is 11.0 Å². The van der Waals surface area contributed by atoms with Gasteiger partial charge in [-0.2, -0.15) is 0 Å². The number of ether oxygens (including phenoxy) is 1. The van der Waals surface area contributed by atoms with E-state index in [0.29, 0.717) is 31.5 Å². The van der Waals surface area contributed by atoms with Crippen molar-refractivity contribution in [1.29, 1.82) is 0 Å². The second-order valence-corrected chi connectivity index (χ2v) is 10.3. The second-order valence-electron chi connectivity index (χ2n) is 8.65. The van der Waals surface area contributed by atoms with Gasteiger partial charge in [0.05, 0.1) is 0 Å². The first-order chi connectivity index (χ1) is 16.3. The van der Waals surface area contributed by atoms with Crippen LogP contribution < -0.4 is 10.1 Å². The number of aryl methyl sites for hydroxylation is 1. The Labute approximate surface area is 204 Å². The van der Waals surface area contributed by atoms with Crippen LogP contribution in [0.5, 0.6) is 5.75 Å². The highest BCUT2D eigenvalue weighted by molar-refractivity contribution is 8.01. The minimum atomic E-state index is -4.80. The number of hydrogen-bond acceptors (Lipinski definition) is 4. The third-order valence-corrected chi connectivity index (χ3v) is 6.94. The Bertz CT molecular complexity index is 1090. The molecule has 0 aromatic heterocycles. The molecule has 1 atom stereocenters. The molecule has 11 heteroatoms. The number of anilines is 1. The molecule has 35 heavy (non-hydrogen) atoms. The summed E-state index contributed by atoms with van der Waals surface area (Å²) in [5.74, 6) is -1.93. The molecule has 1 aliphatic carbocycles. The first-order valence-electron chi connectivity index (χ1n) is 11.0.